The zero-order valence-corrected chi connectivity index (χ0v) is 18.9. The molecule has 1 fully saturated rings. The van der Waals surface area contributed by atoms with E-state index >= 15 is 0 Å². The Kier molecular flexibility index (Phi) is 8.08. The molecule has 1 aliphatic heterocycles. The Bertz CT molecular complexity index is 888. The third kappa shape index (κ3) is 5.31. The lowest BCUT2D eigenvalue weighted by Gasteiger charge is -2.33. The molecule has 1 aliphatic rings. The van der Waals surface area contributed by atoms with Gasteiger partial charge in [0.15, 0.2) is 11.5 Å². The maximum absolute atomic E-state index is 13.0. The number of benzene rings is 2. The molecule has 1 heterocycles. The second kappa shape index (κ2) is 10.6. The van der Waals surface area contributed by atoms with Gasteiger partial charge in [0.1, 0.15) is 0 Å². The van der Waals surface area contributed by atoms with Crippen LogP contribution in [0.4, 0.5) is 0 Å². The molecule has 2 aromatic rings. The highest BCUT2D eigenvalue weighted by Gasteiger charge is 2.27. The van der Waals surface area contributed by atoms with Crippen molar-refractivity contribution in [3.05, 3.63) is 56.5 Å². The molecule has 1 atom stereocenters. The van der Waals surface area contributed by atoms with E-state index in [1.165, 1.54) is 14.2 Å². The van der Waals surface area contributed by atoms with E-state index in [1.807, 2.05) is 0 Å². The first kappa shape index (κ1) is 23.0. The van der Waals surface area contributed by atoms with Crippen molar-refractivity contribution in [3.8, 4) is 11.5 Å². The van der Waals surface area contributed by atoms with E-state index in [9.17, 15) is 4.79 Å². The number of amides is 1. The third-order valence-electron chi connectivity index (χ3n) is 4.74. The van der Waals surface area contributed by atoms with Gasteiger partial charge in [0.2, 0.25) is 0 Å². The highest BCUT2D eigenvalue weighted by molar-refractivity contribution is 6.36. The zero-order chi connectivity index (χ0) is 21.7. The Balaban J connectivity index is 1.62. The van der Waals surface area contributed by atoms with E-state index < -0.39 is 0 Å². The van der Waals surface area contributed by atoms with Crippen molar-refractivity contribution in [2.45, 2.75) is 12.7 Å². The molecule has 1 saturated heterocycles. The summed E-state index contributed by atoms with van der Waals surface area (Å²) >= 11 is 18.6. The van der Waals surface area contributed by atoms with Crippen LogP contribution in [0.1, 0.15) is 15.9 Å². The summed E-state index contributed by atoms with van der Waals surface area (Å²) in [6, 6.07) is 8.46. The van der Waals surface area contributed by atoms with E-state index in [1.54, 1.807) is 35.2 Å². The summed E-state index contributed by atoms with van der Waals surface area (Å²) in [7, 11) is 3.02. The number of ether oxygens (including phenoxy) is 4. The van der Waals surface area contributed by atoms with Crippen LogP contribution < -0.4 is 9.47 Å². The van der Waals surface area contributed by atoms with Crippen LogP contribution >= 0.6 is 34.8 Å². The highest BCUT2D eigenvalue weighted by atomic mass is 35.5. The van der Waals surface area contributed by atoms with Crippen LogP contribution in [0.25, 0.3) is 0 Å². The van der Waals surface area contributed by atoms with E-state index in [-0.39, 0.29) is 18.6 Å². The minimum atomic E-state index is -0.275. The van der Waals surface area contributed by atoms with Crippen molar-refractivity contribution >= 4 is 40.7 Å². The van der Waals surface area contributed by atoms with Gasteiger partial charge in [-0.3, -0.25) is 4.79 Å². The topological polar surface area (TPSA) is 57.2 Å². The van der Waals surface area contributed by atoms with Crippen LogP contribution in [0.3, 0.4) is 0 Å². The fourth-order valence-electron chi connectivity index (χ4n) is 3.16. The monoisotopic (exact) mass is 473 g/mol. The molecule has 0 radical (unpaired) electrons. The van der Waals surface area contributed by atoms with Gasteiger partial charge in [-0.2, -0.15) is 0 Å². The Morgan fingerprint density at radius 1 is 1.10 bits per heavy atom. The summed E-state index contributed by atoms with van der Waals surface area (Å²) in [4.78, 5) is 14.7. The second-order valence-corrected chi connectivity index (χ2v) is 7.87. The molecule has 0 bridgehead atoms. The van der Waals surface area contributed by atoms with Gasteiger partial charge < -0.3 is 23.8 Å². The average Bonchev–Trinajstić information content (AvgIpc) is 2.75. The molecule has 9 heteroatoms. The van der Waals surface area contributed by atoms with E-state index in [2.05, 4.69) is 0 Å². The summed E-state index contributed by atoms with van der Waals surface area (Å²) < 4.78 is 22.0. The molecule has 3 rings (SSSR count). The van der Waals surface area contributed by atoms with E-state index in [4.69, 9.17) is 53.8 Å². The smallest absolute Gasteiger partial charge is 0.255 e. The summed E-state index contributed by atoms with van der Waals surface area (Å²) in [5.74, 6) is 0.698. The number of nitrogens with zero attached hydrogens (tertiary/aromatic N) is 1. The molecule has 0 spiro atoms. The van der Waals surface area contributed by atoms with Crippen molar-refractivity contribution in [1.82, 2.24) is 4.90 Å². The molecule has 1 unspecified atom stereocenters. The molecule has 0 aromatic heterocycles. The standard InChI is InChI=1S/C21H22Cl3NO5/c1-27-19-8-14(18(24)9-20(19)28-2)21(26)25-6-7-30-13(10-25)11-29-12-15-16(22)4-3-5-17(15)23/h3-5,8-9,13H,6-7,10-12H2,1-2H3. The normalized spacial score (nSPS) is 16.4. The van der Waals surface area contributed by atoms with Crippen LogP contribution in [0.15, 0.2) is 30.3 Å². The number of hydrogen-bond acceptors (Lipinski definition) is 5. The van der Waals surface area contributed by atoms with Gasteiger partial charge >= 0.3 is 0 Å². The summed E-state index contributed by atoms with van der Waals surface area (Å²) in [6.45, 7) is 1.78. The van der Waals surface area contributed by atoms with Crippen molar-refractivity contribution in [2.75, 3.05) is 40.5 Å². The van der Waals surface area contributed by atoms with Crippen molar-refractivity contribution in [2.24, 2.45) is 0 Å². The average molecular weight is 475 g/mol. The summed E-state index contributed by atoms with van der Waals surface area (Å²) in [6.07, 6.45) is -0.275. The first-order valence-corrected chi connectivity index (χ1v) is 10.4. The van der Waals surface area contributed by atoms with Gasteiger partial charge in [0.25, 0.3) is 5.91 Å². The Morgan fingerprint density at radius 2 is 1.77 bits per heavy atom. The van der Waals surface area contributed by atoms with Crippen LogP contribution in [0.5, 0.6) is 11.5 Å². The van der Waals surface area contributed by atoms with Gasteiger partial charge in [0, 0.05) is 34.8 Å². The Hall–Kier alpha value is -1.70. The van der Waals surface area contributed by atoms with Crippen LogP contribution in [-0.2, 0) is 16.1 Å². The molecule has 162 valence electrons. The first-order chi connectivity index (χ1) is 14.4. The first-order valence-electron chi connectivity index (χ1n) is 9.27. The molecule has 30 heavy (non-hydrogen) atoms. The number of rotatable bonds is 7. The number of carbonyl (C=O) groups is 1. The fraction of sp³-hybridized carbons (Fsp3) is 0.381. The van der Waals surface area contributed by atoms with Crippen LogP contribution in [-0.4, -0.2) is 57.4 Å². The Labute approximate surface area is 190 Å². The number of methoxy groups -OCH3 is 2. The third-order valence-corrected chi connectivity index (χ3v) is 5.76. The maximum Gasteiger partial charge on any atom is 0.255 e. The second-order valence-electron chi connectivity index (χ2n) is 6.65. The van der Waals surface area contributed by atoms with Crippen molar-refractivity contribution in [3.63, 3.8) is 0 Å². The molecular weight excluding hydrogens is 453 g/mol. The molecule has 6 nitrogen and oxygen atoms in total. The molecular formula is C21H22Cl3NO5. The van der Waals surface area contributed by atoms with Crippen LogP contribution in [0, 0.1) is 0 Å². The van der Waals surface area contributed by atoms with Crippen molar-refractivity contribution < 1.29 is 23.7 Å². The number of halogens is 3. The minimum Gasteiger partial charge on any atom is -0.493 e. The van der Waals surface area contributed by atoms with Crippen LogP contribution in [0.2, 0.25) is 15.1 Å². The minimum absolute atomic E-state index is 0.205. The summed E-state index contributed by atoms with van der Waals surface area (Å²) in [5.41, 5.74) is 1.07. The molecule has 1 amide bonds. The lowest BCUT2D eigenvalue weighted by molar-refractivity contribution is -0.0647. The highest BCUT2D eigenvalue weighted by Crippen LogP contribution is 2.34. The number of morpholine rings is 1. The lowest BCUT2D eigenvalue weighted by Crippen LogP contribution is -2.47. The fourth-order valence-corrected chi connectivity index (χ4v) is 3.90. The quantitative estimate of drug-likeness (QED) is 0.581. The number of carbonyl (C=O) groups excluding carboxylic acids is 1. The maximum atomic E-state index is 13.0. The summed E-state index contributed by atoms with van der Waals surface area (Å²) in [5, 5.41) is 1.39. The molecule has 0 aliphatic carbocycles. The lowest BCUT2D eigenvalue weighted by atomic mass is 10.1. The zero-order valence-electron chi connectivity index (χ0n) is 16.6. The van der Waals surface area contributed by atoms with E-state index in [0.29, 0.717) is 58.4 Å². The van der Waals surface area contributed by atoms with E-state index in [0.717, 1.165) is 5.56 Å². The SMILES string of the molecule is COc1cc(Cl)c(C(=O)N2CCOC(COCc3c(Cl)cccc3Cl)C2)cc1OC. The van der Waals surface area contributed by atoms with Crippen molar-refractivity contribution in [1.29, 1.82) is 0 Å². The van der Waals surface area contributed by atoms with Gasteiger partial charge in [0.05, 0.1) is 50.7 Å². The Morgan fingerprint density at radius 3 is 2.43 bits per heavy atom. The van der Waals surface area contributed by atoms with Gasteiger partial charge in [-0.1, -0.05) is 40.9 Å². The molecule has 0 saturated carbocycles. The number of hydrogen-bond donors (Lipinski definition) is 0. The van der Waals surface area contributed by atoms with Gasteiger partial charge in [-0.15, -0.1) is 0 Å². The largest absolute Gasteiger partial charge is 0.493 e. The van der Waals surface area contributed by atoms with Gasteiger partial charge in [-0.25, -0.2) is 0 Å². The predicted molar refractivity (Wildman–Crippen MR) is 116 cm³/mol. The molecule has 0 N–H and O–H groups in total. The predicted octanol–water partition coefficient (Wildman–Crippen LogP) is 4.72. The van der Waals surface area contributed by atoms with Gasteiger partial charge in [-0.05, 0) is 18.2 Å². The molecule has 2 aromatic carbocycles.